The van der Waals surface area contributed by atoms with Crippen LogP contribution in [0.4, 0.5) is 11.4 Å². The topological polar surface area (TPSA) is 108 Å². The van der Waals surface area contributed by atoms with Crippen LogP contribution in [0.5, 0.6) is 5.75 Å². The third kappa shape index (κ3) is 3.94. The average molecular weight is 282 g/mol. The number of rotatable bonds is 5. The zero-order valence-corrected chi connectivity index (χ0v) is 11.2. The number of methoxy groups -OCH3 is 1. The Labute approximate surface area is 114 Å². The second kappa shape index (κ2) is 6.50. The Balaban J connectivity index is 2.94. The predicted molar refractivity (Wildman–Crippen MR) is 69.5 cm³/mol. The van der Waals surface area contributed by atoms with Gasteiger partial charge in [0.2, 0.25) is 0 Å². The zero-order chi connectivity index (χ0) is 15.3. The van der Waals surface area contributed by atoms with Crippen LogP contribution in [0.15, 0.2) is 18.2 Å². The van der Waals surface area contributed by atoms with Crippen LogP contribution in [0.1, 0.15) is 13.8 Å². The Bertz CT molecular complexity index is 543. The molecule has 0 saturated carbocycles. The van der Waals surface area contributed by atoms with Crippen LogP contribution in [0.2, 0.25) is 0 Å². The highest BCUT2D eigenvalue weighted by molar-refractivity contribution is 5.96. The molecule has 1 atom stereocenters. The number of ether oxygens (including phenoxy) is 2. The van der Waals surface area contributed by atoms with Crippen molar-refractivity contribution < 1.29 is 24.0 Å². The molecule has 0 aliphatic carbocycles. The number of non-ortho nitro benzene ring substituents is 1. The minimum atomic E-state index is -1.02. The second-order valence-electron chi connectivity index (χ2n) is 3.88. The van der Waals surface area contributed by atoms with E-state index in [0.717, 1.165) is 6.07 Å². The lowest BCUT2D eigenvalue weighted by molar-refractivity contribution is -0.384. The molecule has 0 spiro atoms. The molecule has 8 heteroatoms. The fraction of sp³-hybridized carbons (Fsp3) is 0.333. The molecule has 0 aliphatic rings. The Hall–Kier alpha value is -2.64. The molecule has 0 radical (unpaired) electrons. The molecule has 0 bridgehead atoms. The summed E-state index contributed by atoms with van der Waals surface area (Å²) in [5, 5.41) is 13.1. The van der Waals surface area contributed by atoms with Gasteiger partial charge in [-0.1, -0.05) is 0 Å². The summed E-state index contributed by atoms with van der Waals surface area (Å²) in [5.74, 6) is -0.948. The maximum atomic E-state index is 11.8. The molecule has 0 saturated heterocycles. The predicted octanol–water partition coefficient (Wildman–Crippen LogP) is 1.49. The summed E-state index contributed by atoms with van der Waals surface area (Å²) in [5.41, 5.74) is -0.0630. The molecule has 1 amide bonds. The van der Waals surface area contributed by atoms with Gasteiger partial charge >= 0.3 is 5.97 Å². The number of hydrogen-bond acceptors (Lipinski definition) is 6. The van der Waals surface area contributed by atoms with Gasteiger partial charge in [0.25, 0.3) is 11.6 Å². The van der Waals surface area contributed by atoms with Crippen molar-refractivity contribution in [3.05, 3.63) is 28.3 Å². The van der Waals surface area contributed by atoms with E-state index in [4.69, 9.17) is 9.47 Å². The second-order valence-corrected chi connectivity index (χ2v) is 3.88. The number of amides is 1. The normalized spacial score (nSPS) is 11.3. The number of hydrogen-bond donors (Lipinski definition) is 1. The maximum absolute atomic E-state index is 11.8. The van der Waals surface area contributed by atoms with Crippen molar-refractivity contribution in [2.45, 2.75) is 20.0 Å². The third-order valence-electron chi connectivity index (χ3n) is 2.36. The van der Waals surface area contributed by atoms with Crippen LogP contribution in [0.3, 0.4) is 0 Å². The van der Waals surface area contributed by atoms with Gasteiger partial charge in [0.15, 0.2) is 6.10 Å². The van der Waals surface area contributed by atoms with Crippen molar-refractivity contribution in [3.63, 3.8) is 0 Å². The number of esters is 1. The van der Waals surface area contributed by atoms with Gasteiger partial charge in [0.1, 0.15) is 5.75 Å². The smallest absolute Gasteiger partial charge is 0.303 e. The van der Waals surface area contributed by atoms with E-state index < -0.39 is 22.9 Å². The van der Waals surface area contributed by atoms with Crippen molar-refractivity contribution in [1.29, 1.82) is 0 Å². The van der Waals surface area contributed by atoms with E-state index in [-0.39, 0.29) is 17.1 Å². The first kappa shape index (κ1) is 15.4. The van der Waals surface area contributed by atoms with E-state index >= 15 is 0 Å². The molecule has 0 unspecified atom stereocenters. The van der Waals surface area contributed by atoms with Crippen molar-refractivity contribution >= 4 is 23.3 Å². The van der Waals surface area contributed by atoms with Gasteiger partial charge in [-0.2, -0.15) is 0 Å². The van der Waals surface area contributed by atoms with Crippen molar-refractivity contribution in [2.24, 2.45) is 0 Å². The fourth-order valence-corrected chi connectivity index (χ4v) is 1.44. The van der Waals surface area contributed by atoms with Gasteiger partial charge in [-0.15, -0.1) is 0 Å². The molecule has 0 fully saturated rings. The van der Waals surface area contributed by atoms with Crippen molar-refractivity contribution in [2.75, 3.05) is 12.4 Å². The first-order valence-corrected chi connectivity index (χ1v) is 5.65. The summed E-state index contributed by atoms with van der Waals surface area (Å²) in [6, 6.07) is 3.78. The van der Waals surface area contributed by atoms with Crippen LogP contribution in [-0.4, -0.2) is 30.0 Å². The molecule has 1 rings (SSSR count). The lowest BCUT2D eigenvalue weighted by Gasteiger charge is -2.14. The van der Waals surface area contributed by atoms with Gasteiger partial charge in [-0.3, -0.25) is 19.7 Å². The van der Waals surface area contributed by atoms with E-state index in [2.05, 4.69) is 5.32 Å². The molecule has 20 heavy (non-hydrogen) atoms. The summed E-state index contributed by atoms with van der Waals surface area (Å²) < 4.78 is 9.71. The van der Waals surface area contributed by atoms with Gasteiger partial charge in [0.05, 0.1) is 17.7 Å². The minimum Gasteiger partial charge on any atom is -0.495 e. The molecule has 108 valence electrons. The molecule has 0 aliphatic heterocycles. The quantitative estimate of drug-likeness (QED) is 0.498. The first-order chi connectivity index (χ1) is 9.35. The van der Waals surface area contributed by atoms with Gasteiger partial charge in [0, 0.05) is 19.1 Å². The first-order valence-electron chi connectivity index (χ1n) is 5.65. The van der Waals surface area contributed by atoms with E-state index in [1.165, 1.54) is 33.1 Å². The molecule has 0 heterocycles. The van der Waals surface area contributed by atoms with Crippen LogP contribution in [0, 0.1) is 10.1 Å². The summed E-state index contributed by atoms with van der Waals surface area (Å²) in [6.45, 7) is 2.57. The molecule has 1 N–H and O–H groups in total. The zero-order valence-electron chi connectivity index (χ0n) is 11.2. The van der Waals surface area contributed by atoms with Gasteiger partial charge in [-0.05, 0) is 13.0 Å². The fourth-order valence-electron chi connectivity index (χ4n) is 1.44. The highest BCUT2D eigenvalue weighted by atomic mass is 16.6. The van der Waals surface area contributed by atoms with E-state index in [0.29, 0.717) is 0 Å². The SMILES string of the molecule is COc1ccc([N+](=O)[O-])cc1NC(=O)[C@@H](C)OC(C)=O. The minimum absolute atomic E-state index is 0.130. The molecule has 0 aromatic heterocycles. The number of nitro groups is 1. The lowest BCUT2D eigenvalue weighted by Crippen LogP contribution is -2.29. The monoisotopic (exact) mass is 282 g/mol. The number of anilines is 1. The summed E-state index contributed by atoms with van der Waals surface area (Å²) >= 11 is 0. The Morgan fingerprint density at radius 3 is 2.55 bits per heavy atom. The highest BCUT2D eigenvalue weighted by Crippen LogP contribution is 2.28. The Morgan fingerprint density at radius 1 is 1.40 bits per heavy atom. The van der Waals surface area contributed by atoms with Crippen molar-refractivity contribution in [3.8, 4) is 5.75 Å². The maximum Gasteiger partial charge on any atom is 0.303 e. The molecule has 1 aromatic rings. The number of nitrogens with one attached hydrogen (secondary N) is 1. The molecule has 8 nitrogen and oxygen atoms in total. The number of carbonyl (C=O) groups is 2. The van der Waals surface area contributed by atoms with Gasteiger partial charge in [-0.25, -0.2) is 0 Å². The van der Waals surface area contributed by atoms with Crippen LogP contribution >= 0.6 is 0 Å². The standard InChI is InChI=1S/C12H14N2O6/c1-7(20-8(2)15)12(16)13-10-6-9(14(17)18)4-5-11(10)19-3/h4-7H,1-3H3,(H,13,16)/t7-/m1/s1. The van der Waals surface area contributed by atoms with E-state index in [9.17, 15) is 19.7 Å². The van der Waals surface area contributed by atoms with Crippen LogP contribution in [-0.2, 0) is 14.3 Å². The third-order valence-corrected chi connectivity index (χ3v) is 2.36. The summed E-state index contributed by atoms with van der Waals surface area (Å²) in [6.07, 6.45) is -1.02. The highest BCUT2D eigenvalue weighted by Gasteiger charge is 2.19. The summed E-state index contributed by atoms with van der Waals surface area (Å²) in [7, 11) is 1.37. The Kier molecular flexibility index (Phi) is 5.01. The molecular formula is C12H14N2O6. The van der Waals surface area contributed by atoms with E-state index in [1.807, 2.05) is 0 Å². The lowest BCUT2D eigenvalue weighted by atomic mass is 10.2. The van der Waals surface area contributed by atoms with Crippen molar-refractivity contribution in [1.82, 2.24) is 0 Å². The molecular weight excluding hydrogens is 268 g/mol. The van der Waals surface area contributed by atoms with Gasteiger partial charge < -0.3 is 14.8 Å². The number of nitrogens with zero attached hydrogens (tertiary/aromatic N) is 1. The van der Waals surface area contributed by atoms with Crippen LogP contribution in [0.25, 0.3) is 0 Å². The number of benzene rings is 1. The number of carbonyl (C=O) groups excluding carboxylic acids is 2. The van der Waals surface area contributed by atoms with Crippen LogP contribution < -0.4 is 10.1 Å². The number of nitro benzene ring substituents is 1. The van der Waals surface area contributed by atoms with E-state index in [1.54, 1.807) is 0 Å². The summed E-state index contributed by atoms with van der Waals surface area (Å²) in [4.78, 5) is 32.7. The largest absolute Gasteiger partial charge is 0.495 e. The molecule has 1 aromatic carbocycles. The average Bonchev–Trinajstić information content (AvgIpc) is 2.37. The Morgan fingerprint density at radius 2 is 2.05 bits per heavy atom.